The minimum atomic E-state index is -0.107. The molecule has 3 aromatic rings. The predicted molar refractivity (Wildman–Crippen MR) is 84.6 cm³/mol. The molecule has 0 bridgehead atoms. The van der Waals surface area contributed by atoms with Gasteiger partial charge in [0.2, 0.25) is 0 Å². The summed E-state index contributed by atoms with van der Waals surface area (Å²) in [5.74, 6) is 5.82. The number of hydrogen-bond donors (Lipinski definition) is 2. The number of nitrogens with two attached hydrogens (primary N) is 1. The van der Waals surface area contributed by atoms with E-state index < -0.39 is 0 Å². The zero-order valence-corrected chi connectivity index (χ0v) is 12.2. The van der Waals surface area contributed by atoms with Gasteiger partial charge in [-0.1, -0.05) is 24.3 Å². The van der Waals surface area contributed by atoms with Crippen molar-refractivity contribution in [2.45, 2.75) is 19.9 Å². The maximum Gasteiger partial charge on any atom is 0.0732 e. The molecule has 0 saturated carbocycles. The molecule has 2 aromatic heterocycles. The fourth-order valence-corrected chi connectivity index (χ4v) is 2.59. The van der Waals surface area contributed by atoms with Gasteiger partial charge in [0.05, 0.1) is 11.6 Å². The molecule has 21 heavy (non-hydrogen) atoms. The molecule has 0 radical (unpaired) electrons. The number of benzene rings is 1. The number of nitrogens with zero attached hydrogens (tertiary/aromatic N) is 2. The highest BCUT2D eigenvalue weighted by atomic mass is 15.2. The number of para-hydroxylation sites is 1. The molecule has 3 N–H and O–H groups in total. The van der Waals surface area contributed by atoms with Crippen LogP contribution in [0.15, 0.2) is 48.7 Å². The van der Waals surface area contributed by atoms with Crippen LogP contribution in [0.2, 0.25) is 0 Å². The van der Waals surface area contributed by atoms with Crippen molar-refractivity contribution >= 4 is 10.9 Å². The van der Waals surface area contributed by atoms with Gasteiger partial charge in [0, 0.05) is 23.0 Å². The maximum atomic E-state index is 5.82. The summed E-state index contributed by atoms with van der Waals surface area (Å²) in [7, 11) is 0. The van der Waals surface area contributed by atoms with Gasteiger partial charge in [0.25, 0.3) is 0 Å². The second-order valence-corrected chi connectivity index (χ2v) is 5.20. The molecule has 1 aromatic carbocycles. The standard InChI is InChI=1S/C17H18N4/c1-11-7-8-13(10-19-11)17(21-18)15-9-12(2)20-16-6-4-3-5-14(15)16/h3-10,17,21H,18H2,1-2H3. The van der Waals surface area contributed by atoms with Crippen molar-refractivity contribution in [2.75, 3.05) is 0 Å². The topological polar surface area (TPSA) is 63.8 Å². The number of hydrazine groups is 1. The van der Waals surface area contributed by atoms with E-state index in [1.165, 1.54) is 0 Å². The minimum absolute atomic E-state index is 0.107. The molecule has 0 saturated heterocycles. The summed E-state index contributed by atoms with van der Waals surface area (Å²) in [6.07, 6.45) is 1.87. The predicted octanol–water partition coefficient (Wildman–Crippen LogP) is 2.80. The first-order chi connectivity index (χ1) is 10.2. The summed E-state index contributed by atoms with van der Waals surface area (Å²) in [5, 5.41) is 1.10. The van der Waals surface area contributed by atoms with Crippen molar-refractivity contribution in [1.29, 1.82) is 0 Å². The summed E-state index contributed by atoms with van der Waals surface area (Å²) in [4.78, 5) is 8.94. The number of pyridine rings is 2. The quantitative estimate of drug-likeness (QED) is 0.571. The van der Waals surface area contributed by atoms with E-state index in [9.17, 15) is 0 Å². The van der Waals surface area contributed by atoms with Crippen LogP contribution in [-0.4, -0.2) is 9.97 Å². The summed E-state index contributed by atoms with van der Waals surface area (Å²) in [6, 6.07) is 14.1. The minimum Gasteiger partial charge on any atom is -0.271 e. The van der Waals surface area contributed by atoms with Crippen molar-refractivity contribution in [1.82, 2.24) is 15.4 Å². The molecule has 3 rings (SSSR count). The smallest absolute Gasteiger partial charge is 0.0732 e. The van der Waals surface area contributed by atoms with Crippen LogP contribution >= 0.6 is 0 Å². The number of fused-ring (bicyclic) bond motifs is 1. The lowest BCUT2D eigenvalue weighted by atomic mass is 9.96. The van der Waals surface area contributed by atoms with Gasteiger partial charge in [-0.3, -0.25) is 15.8 Å². The van der Waals surface area contributed by atoms with Crippen LogP contribution in [0.4, 0.5) is 0 Å². The van der Waals surface area contributed by atoms with Gasteiger partial charge >= 0.3 is 0 Å². The first-order valence-electron chi connectivity index (χ1n) is 6.94. The Balaban J connectivity index is 2.19. The van der Waals surface area contributed by atoms with Crippen molar-refractivity contribution in [3.05, 3.63) is 71.2 Å². The summed E-state index contributed by atoms with van der Waals surface area (Å²) in [5.41, 5.74) is 8.01. The van der Waals surface area contributed by atoms with Gasteiger partial charge in [-0.2, -0.15) is 0 Å². The Morgan fingerprint density at radius 2 is 1.86 bits per heavy atom. The number of hydrogen-bond acceptors (Lipinski definition) is 4. The van der Waals surface area contributed by atoms with E-state index in [4.69, 9.17) is 5.84 Å². The summed E-state index contributed by atoms with van der Waals surface area (Å²) < 4.78 is 0. The lowest BCUT2D eigenvalue weighted by Gasteiger charge is -2.19. The van der Waals surface area contributed by atoms with Crippen LogP contribution in [0.5, 0.6) is 0 Å². The van der Waals surface area contributed by atoms with Gasteiger partial charge in [0.1, 0.15) is 0 Å². The third-order valence-electron chi connectivity index (χ3n) is 3.62. The van der Waals surface area contributed by atoms with E-state index in [1.807, 2.05) is 44.3 Å². The molecule has 0 spiro atoms. The van der Waals surface area contributed by atoms with Crippen molar-refractivity contribution in [3.8, 4) is 0 Å². The molecule has 4 heteroatoms. The average Bonchev–Trinajstić information content (AvgIpc) is 2.49. The Bertz CT molecular complexity index is 765. The molecule has 106 valence electrons. The summed E-state index contributed by atoms with van der Waals surface area (Å²) >= 11 is 0. The van der Waals surface area contributed by atoms with Crippen LogP contribution in [0.1, 0.15) is 28.6 Å². The normalized spacial score (nSPS) is 12.5. The highest BCUT2D eigenvalue weighted by Gasteiger charge is 2.16. The first kappa shape index (κ1) is 13.7. The molecule has 0 fully saturated rings. The van der Waals surface area contributed by atoms with Crippen LogP contribution in [0.3, 0.4) is 0 Å². The molecular formula is C17H18N4. The van der Waals surface area contributed by atoms with Gasteiger partial charge in [-0.05, 0) is 43.2 Å². The number of nitrogens with one attached hydrogen (secondary N) is 1. The maximum absolute atomic E-state index is 5.82. The van der Waals surface area contributed by atoms with E-state index in [-0.39, 0.29) is 6.04 Å². The lowest BCUT2D eigenvalue weighted by molar-refractivity contribution is 0.637. The zero-order chi connectivity index (χ0) is 14.8. The van der Waals surface area contributed by atoms with Gasteiger partial charge in [-0.15, -0.1) is 0 Å². The van der Waals surface area contributed by atoms with Gasteiger partial charge in [0.15, 0.2) is 0 Å². The number of aromatic nitrogens is 2. The molecule has 1 unspecified atom stereocenters. The van der Waals surface area contributed by atoms with Crippen LogP contribution in [0.25, 0.3) is 10.9 Å². The van der Waals surface area contributed by atoms with Crippen LogP contribution < -0.4 is 11.3 Å². The molecule has 4 nitrogen and oxygen atoms in total. The Morgan fingerprint density at radius 3 is 2.57 bits per heavy atom. The second kappa shape index (κ2) is 5.60. The van der Waals surface area contributed by atoms with Crippen molar-refractivity contribution < 1.29 is 0 Å². The number of aryl methyl sites for hydroxylation is 2. The van der Waals surface area contributed by atoms with E-state index in [0.717, 1.165) is 33.4 Å². The van der Waals surface area contributed by atoms with E-state index in [2.05, 4.69) is 33.6 Å². The van der Waals surface area contributed by atoms with Crippen LogP contribution in [0, 0.1) is 13.8 Å². The molecule has 0 aliphatic rings. The van der Waals surface area contributed by atoms with Gasteiger partial charge in [-0.25, -0.2) is 5.43 Å². The molecule has 2 heterocycles. The second-order valence-electron chi connectivity index (χ2n) is 5.20. The third-order valence-corrected chi connectivity index (χ3v) is 3.62. The Kier molecular flexibility index (Phi) is 3.64. The molecule has 0 aliphatic carbocycles. The Hall–Kier alpha value is -2.30. The fourth-order valence-electron chi connectivity index (χ4n) is 2.59. The van der Waals surface area contributed by atoms with Crippen LogP contribution in [-0.2, 0) is 0 Å². The van der Waals surface area contributed by atoms with E-state index in [1.54, 1.807) is 0 Å². The molecular weight excluding hydrogens is 260 g/mol. The van der Waals surface area contributed by atoms with Gasteiger partial charge < -0.3 is 0 Å². The first-order valence-corrected chi connectivity index (χ1v) is 6.94. The van der Waals surface area contributed by atoms with E-state index >= 15 is 0 Å². The monoisotopic (exact) mass is 278 g/mol. The van der Waals surface area contributed by atoms with Crippen molar-refractivity contribution in [2.24, 2.45) is 5.84 Å². The number of rotatable bonds is 3. The Morgan fingerprint density at radius 1 is 1.05 bits per heavy atom. The average molecular weight is 278 g/mol. The molecule has 0 aliphatic heterocycles. The largest absolute Gasteiger partial charge is 0.271 e. The Labute approximate surface area is 124 Å². The zero-order valence-electron chi connectivity index (χ0n) is 12.2. The van der Waals surface area contributed by atoms with E-state index in [0.29, 0.717) is 0 Å². The molecule has 1 atom stereocenters. The lowest BCUT2D eigenvalue weighted by Crippen LogP contribution is -2.29. The fraction of sp³-hybridized carbons (Fsp3) is 0.176. The highest BCUT2D eigenvalue weighted by molar-refractivity contribution is 5.83. The molecule has 0 amide bonds. The SMILES string of the molecule is Cc1ccc(C(NN)c2cc(C)nc3ccccc23)cn1. The summed E-state index contributed by atoms with van der Waals surface area (Å²) in [6.45, 7) is 3.97. The highest BCUT2D eigenvalue weighted by Crippen LogP contribution is 2.28. The third kappa shape index (κ3) is 2.63. The van der Waals surface area contributed by atoms with Crippen molar-refractivity contribution in [3.63, 3.8) is 0 Å².